The molecule has 1 aliphatic carbocycles. The molecule has 0 amide bonds. The minimum absolute atomic E-state index is 0.385. The summed E-state index contributed by atoms with van der Waals surface area (Å²) < 4.78 is 7.59. The third-order valence-electron chi connectivity index (χ3n) is 3.24. The molecule has 1 aromatic carbocycles. The van der Waals surface area contributed by atoms with Crippen molar-refractivity contribution in [1.29, 1.82) is 5.26 Å². The van der Waals surface area contributed by atoms with Crippen LogP contribution in [-0.2, 0) is 12.8 Å². The Hall–Kier alpha value is -1.38. The first-order valence-corrected chi connectivity index (χ1v) is 7.82. The summed E-state index contributed by atoms with van der Waals surface area (Å²) >= 11 is 6.84. The van der Waals surface area contributed by atoms with Gasteiger partial charge in [0.1, 0.15) is 17.4 Å². The second-order valence-corrected chi connectivity index (χ2v) is 6.36. The first-order chi connectivity index (χ1) is 9.67. The molecule has 3 nitrogen and oxygen atoms in total. The van der Waals surface area contributed by atoms with Crippen LogP contribution >= 0.6 is 31.9 Å². The SMILES string of the molecule is N#Cc1cc2c(nc1Oc1ccc(Br)cc1Br)CCC2. The van der Waals surface area contributed by atoms with Crippen molar-refractivity contribution in [1.82, 2.24) is 4.98 Å². The van der Waals surface area contributed by atoms with Gasteiger partial charge in [-0.2, -0.15) is 5.26 Å². The van der Waals surface area contributed by atoms with E-state index >= 15 is 0 Å². The second kappa shape index (κ2) is 5.55. The van der Waals surface area contributed by atoms with Crippen molar-refractivity contribution in [3.8, 4) is 17.7 Å². The third kappa shape index (κ3) is 2.58. The molecule has 1 heterocycles. The fraction of sp³-hybridized carbons (Fsp3) is 0.200. The molecular formula is C15H10Br2N2O. The van der Waals surface area contributed by atoms with E-state index in [1.807, 2.05) is 24.3 Å². The highest BCUT2D eigenvalue weighted by atomic mass is 79.9. The van der Waals surface area contributed by atoms with E-state index in [0.717, 1.165) is 33.9 Å². The number of aryl methyl sites for hydroxylation is 2. The van der Waals surface area contributed by atoms with Crippen molar-refractivity contribution in [2.24, 2.45) is 0 Å². The minimum atomic E-state index is 0.385. The number of nitrogens with zero attached hydrogens (tertiary/aromatic N) is 2. The molecule has 0 atom stereocenters. The Labute approximate surface area is 133 Å². The van der Waals surface area contributed by atoms with Crippen LogP contribution in [0.25, 0.3) is 0 Å². The maximum atomic E-state index is 9.25. The van der Waals surface area contributed by atoms with Crippen LogP contribution in [0.2, 0.25) is 0 Å². The topological polar surface area (TPSA) is 45.9 Å². The molecular weight excluding hydrogens is 384 g/mol. The maximum absolute atomic E-state index is 9.25. The summed E-state index contributed by atoms with van der Waals surface area (Å²) in [6, 6.07) is 9.69. The van der Waals surface area contributed by atoms with Gasteiger partial charge in [-0.15, -0.1) is 0 Å². The van der Waals surface area contributed by atoms with Crippen LogP contribution in [0, 0.1) is 11.3 Å². The fourth-order valence-corrected chi connectivity index (χ4v) is 3.40. The Balaban J connectivity index is 2.00. The lowest BCUT2D eigenvalue weighted by atomic mass is 10.1. The van der Waals surface area contributed by atoms with Crippen LogP contribution in [0.4, 0.5) is 0 Å². The molecule has 0 saturated heterocycles. The molecule has 0 bridgehead atoms. The molecule has 2 aromatic rings. The molecule has 0 fully saturated rings. The predicted molar refractivity (Wildman–Crippen MR) is 82.9 cm³/mol. The van der Waals surface area contributed by atoms with Crippen molar-refractivity contribution >= 4 is 31.9 Å². The van der Waals surface area contributed by atoms with E-state index in [1.165, 1.54) is 5.56 Å². The number of ether oxygens (including phenoxy) is 1. The molecule has 0 aliphatic heterocycles. The van der Waals surface area contributed by atoms with Gasteiger partial charge in [0.05, 0.1) is 4.47 Å². The molecule has 0 radical (unpaired) electrons. The fourth-order valence-electron chi connectivity index (χ4n) is 2.27. The second-order valence-electron chi connectivity index (χ2n) is 4.59. The van der Waals surface area contributed by atoms with Crippen LogP contribution in [-0.4, -0.2) is 4.98 Å². The maximum Gasteiger partial charge on any atom is 0.237 e. The predicted octanol–water partition coefficient (Wildman–Crippen LogP) is 4.76. The van der Waals surface area contributed by atoms with Gasteiger partial charge in [-0.25, -0.2) is 4.98 Å². The van der Waals surface area contributed by atoms with Crippen molar-refractivity contribution in [2.75, 3.05) is 0 Å². The smallest absolute Gasteiger partial charge is 0.237 e. The number of hydrogen-bond acceptors (Lipinski definition) is 3. The number of hydrogen-bond donors (Lipinski definition) is 0. The Bertz CT molecular complexity index is 723. The van der Waals surface area contributed by atoms with Gasteiger partial charge in [-0.3, -0.25) is 0 Å². The lowest BCUT2D eigenvalue weighted by Gasteiger charge is -2.10. The van der Waals surface area contributed by atoms with Gasteiger partial charge in [0.2, 0.25) is 5.88 Å². The quantitative estimate of drug-likeness (QED) is 0.738. The molecule has 100 valence electrons. The minimum Gasteiger partial charge on any atom is -0.436 e. The first kappa shape index (κ1) is 13.6. The number of benzene rings is 1. The average Bonchev–Trinajstić information content (AvgIpc) is 2.88. The van der Waals surface area contributed by atoms with Gasteiger partial charge < -0.3 is 4.74 Å². The third-order valence-corrected chi connectivity index (χ3v) is 4.35. The number of fused-ring (bicyclic) bond motifs is 1. The van der Waals surface area contributed by atoms with E-state index in [1.54, 1.807) is 0 Å². The van der Waals surface area contributed by atoms with E-state index in [0.29, 0.717) is 17.2 Å². The largest absolute Gasteiger partial charge is 0.436 e. The number of aromatic nitrogens is 1. The van der Waals surface area contributed by atoms with Crippen LogP contribution in [0.5, 0.6) is 11.6 Å². The lowest BCUT2D eigenvalue weighted by molar-refractivity contribution is 0.456. The monoisotopic (exact) mass is 392 g/mol. The van der Waals surface area contributed by atoms with Gasteiger partial charge in [-0.05, 0) is 65.0 Å². The van der Waals surface area contributed by atoms with E-state index in [2.05, 4.69) is 42.9 Å². The Morgan fingerprint density at radius 1 is 1.20 bits per heavy atom. The Morgan fingerprint density at radius 2 is 2.05 bits per heavy atom. The van der Waals surface area contributed by atoms with Crippen LogP contribution in [0.1, 0.15) is 23.2 Å². The zero-order chi connectivity index (χ0) is 14.1. The summed E-state index contributed by atoms with van der Waals surface area (Å²) in [7, 11) is 0. The summed E-state index contributed by atoms with van der Waals surface area (Å²) in [4.78, 5) is 4.51. The average molecular weight is 394 g/mol. The number of halogens is 2. The van der Waals surface area contributed by atoms with Crippen LogP contribution < -0.4 is 4.74 Å². The van der Waals surface area contributed by atoms with Crippen LogP contribution in [0.15, 0.2) is 33.2 Å². The van der Waals surface area contributed by atoms with Gasteiger partial charge in [-0.1, -0.05) is 15.9 Å². The Kier molecular flexibility index (Phi) is 3.77. The van der Waals surface area contributed by atoms with Crippen molar-refractivity contribution in [3.63, 3.8) is 0 Å². The normalized spacial score (nSPS) is 12.8. The summed E-state index contributed by atoms with van der Waals surface area (Å²) in [5.74, 6) is 1.03. The van der Waals surface area contributed by atoms with E-state index in [9.17, 15) is 5.26 Å². The molecule has 0 spiro atoms. The number of pyridine rings is 1. The summed E-state index contributed by atoms with van der Waals surface area (Å²) in [5, 5.41) is 9.25. The molecule has 1 aliphatic rings. The number of rotatable bonds is 2. The van der Waals surface area contributed by atoms with Crippen molar-refractivity contribution in [3.05, 3.63) is 50.0 Å². The van der Waals surface area contributed by atoms with Gasteiger partial charge in [0.25, 0.3) is 0 Å². The highest BCUT2D eigenvalue weighted by Gasteiger charge is 2.18. The molecule has 3 rings (SSSR count). The molecule has 1 aromatic heterocycles. The van der Waals surface area contributed by atoms with E-state index in [4.69, 9.17) is 4.74 Å². The Morgan fingerprint density at radius 3 is 2.80 bits per heavy atom. The van der Waals surface area contributed by atoms with Crippen molar-refractivity contribution < 1.29 is 4.74 Å². The van der Waals surface area contributed by atoms with E-state index in [-0.39, 0.29) is 0 Å². The molecule has 20 heavy (non-hydrogen) atoms. The highest BCUT2D eigenvalue weighted by Crippen LogP contribution is 2.34. The van der Waals surface area contributed by atoms with Gasteiger partial charge in [0, 0.05) is 10.2 Å². The highest BCUT2D eigenvalue weighted by molar-refractivity contribution is 9.11. The first-order valence-electron chi connectivity index (χ1n) is 6.23. The molecule has 0 unspecified atom stereocenters. The molecule has 5 heteroatoms. The lowest BCUT2D eigenvalue weighted by Crippen LogP contribution is -1.97. The molecule has 0 saturated carbocycles. The number of nitriles is 1. The summed E-state index contributed by atoms with van der Waals surface area (Å²) in [6.07, 6.45) is 3.05. The molecule has 0 N–H and O–H groups in total. The van der Waals surface area contributed by atoms with Crippen LogP contribution in [0.3, 0.4) is 0 Å². The van der Waals surface area contributed by atoms with Gasteiger partial charge in [0.15, 0.2) is 0 Å². The summed E-state index contributed by atoms with van der Waals surface area (Å²) in [5.41, 5.74) is 2.71. The standard InChI is InChI=1S/C15H10Br2N2O/c16-11-4-5-14(12(17)7-11)20-15-10(8-18)6-9-2-1-3-13(9)19-15/h4-7H,1-3H2. The summed E-state index contributed by atoms with van der Waals surface area (Å²) in [6.45, 7) is 0. The van der Waals surface area contributed by atoms with Crippen molar-refractivity contribution in [2.45, 2.75) is 19.3 Å². The zero-order valence-electron chi connectivity index (χ0n) is 10.5. The van der Waals surface area contributed by atoms with E-state index < -0.39 is 0 Å². The zero-order valence-corrected chi connectivity index (χ0v) is 13.7. The van der Waals surface area contributed by atoms with Gasteiger partial charge >= 0.3 is 0 Å².